The van der Waals surface area contributed by atoms with Crippen molar-refractivity contribution in [1.82, 2.24) is 4.98 Å². The maximum atomic E-state index is 9.18. The Morgan fingerprint density at radius 3 is 2.64 bits per heavy atom. The first-order valence-corrected chi connectivity index (χ1v) is 3.45. The van der Waals surface area contributed by atoms with E-state index in [-0.39, 0.29) is 5.75 Å². The van der Waals surface area contributed by atoms with Crippen LogP contribution in [0.5, 0.6) is 5.75 Å². The molecule has 0 aliphatic carbocycles. The van der Waals surface area contributed by atoms with E-state index in [1.54, 1.807) is 13.8 Å². The van der Waals surface area contributed by atoms with Gasteiger partial charge < -0.3 is 10.2 Å². The van der Waals surface area contributed by atoms with Crippen LogP contribution in [0, 0.1) is 6.92 Å². The summed E-state index contributed by atoms with van der Waals surface area (Å²) in [5.74, 6) is 0.0894. The Balaban J connectivity index is 3.13. The quantitative estimate of drug-likeness (QED) is 0.636. The van der Waals surface area contributed by atoms with Gasteiger partial charge in [-0.2, -0.15) is 0 Å². The Labute approximate surface area is 65.3 Å². The number of nitrogens with zero attached hydrogens (tertiary/aromatic N) is 1. The lowest BCUT2D eigenvalue weighted by molar-refractivity contribution is 0.197. The molecule has 60 valence electrons. The van der Waals surface area contributed by atoms with Crippen molar-refractivity contribution in [1.29, 1.82) is 0 Å². The first-order chi connectivity index (χ1) is 5.11. The number of aliphatic hydroxyl groups excluding tert-OH is 1. The van der Waals surface area contributed by atoms with E-state index in [1.165, 1.54) is 12.3 Å². The summed E-state index contributed by atoms with van der Waals surface area (Å²) in [5.41, 5.74) is 1.42. The molecule has 1 unspecified atom stereocenters. The fraction of sp³-hybridized carbons (Fsp3) is 0.375. The number of aromatic hydroxyl groups is 1. The lowest BCUT2D eigenvalue weighted by Gasteiger charge is -2.07. The first kappa shape index (κ1) is 8.01. The molecule has 2 N–H and O–H groups in total. The lowest BCUT2D eigenvalue weighted by Crippen LogP contribution is -1.96. The monoisotopic (exact) mass is 153 g/mol. The fourth-order valence-electron chi connectivity index (χ4n) is 0.961. The van der Waals surface area contributed by atoms with E-state index in [1.807, 2.05) is 0 Å². The van der Waals surface area contributed by atoms with Gasteiger partial charge in [0.25, 0.3) is 0 Å². The largest absolute Gasteiger partial charge is 0.506 e. The number of aliphatic hydroxyl groups is 1. The lowest BCUT2D eigenvalue weighted by atomic mass is 10.1. The van der Waals surface area contributed by atoms with E-state index >= 15 is 0 Å². The van der Waals surface area contributed by atoms with Crippen LogP contribution >= 0.6 is 0 Å². The van der Waals surface area contributed by atoms with Crippen molar-refractivity contribution in [3.05, 3.63) is 23.5 Å². The fourth-order valence-corrected chi connectivity index (χ4v) is 0.961. The maximum Gasteiger partial charge on any atom is 0.134 e. The summed E-state index contributed by atoms with van der Waals surface area (Å²) in [4.78, 5) is 3.89. The number of aromatic nitrogens is 1. The van der Waals surface area contributed by atoms with E-state index in [0.717, 1.165) is 5.69 Å². The molecule has 11 heavy (non-hydrogen) atoms. The molecule has 1 heterocycles. The molecule has 0 aliphatic rings. The zero-order chi connectivity index (χ0) is 8.43. The number of hydrogen-bond donors (Lipinski definition) is 2. The highest BCUT2D eigenvalue weighted by Crippen LogP contribution is 2.19. The third kappa shape index (κ3) is 1.68. The molecule has 0 saturated heterocycles. The molecule has 1 atom stereocenters. The number of hydrogen-bond acceptors (Lipinski definition) is 3. The Hall–Kier alpha value is -1.09. The van der Waals surface area contributed by atoms with Crippen molar-refractivity contribution in [2.45, 2.75) is 20.0 Å². The predicted molar refractivity (Wildman–Crippen MR) is 41.3 cm³/mol. The van der Waals surface area contributed by atoms with Crippen molar-refractivity contribution in [3.8, 4) is 5.75 Å². The maximum absolute atomic E-state index is 9.18. The van der Waals surface area contributed by atoms with E-state index in [2.05, 4.69) is 4.98 Å². The van der Waals surface area contributed by atoms with Crippen molar-refractivity contribution in [2.75, 3.05) is 0 Å². The Bertz CT molecular complexity index is 258. The van der Waals surface area contributed by atoms with Crippen LogP contribution in [0.4, 0.5) is 0 Å². The van der Waals surface area contributed by atoms with E-state index in [0.29, 0.717) is 5.56 Å². The second kappa shape index (κ2) is 2.88. The first-order valence-electron chi connectivity index (χ1n) is 3.45. The van der Waals surface area contributed by atoms with E-state index in [9.17, 15) is 5.11 Å². The summed E-state index contributed by atoms with van der Waals surface area (Å²) in [5, 5.41) is 18.2. The molecular formula is C8H11NO2. The van der Waals surface area contributed by atoms with Crippen LogP contribution in [0.2, 0.25) is 0 Å². The Morgan fingerprint density at radius 1 is 1.55 bits per heavy atom. The molecule has 0 fully saturated rings. The number of rotatable bonds is 1. The molecule has 1 aromatic rings. The van der Waals surface area contributed by atoms with E-state index < -0.39 is 6.10 Å². The van der Waals surface area contributed by atoms with Crippen molar-refractivity contribution in [2.24, 2.45) is 0 Å². The topological polar surface area (TPSA) is 53.4 Å². The molecule has 0 bridgehead atoms. The summed E-state index contributed by atoms with van der Waals surface area (Å²) in [6.45, 7) is 3.44. The molecule has 0 spiro atoms. The van der Waals surface area contributed by atoms with Gasteiger partial charge in [0.15, 0.2) is 0 Å². The average molecular weight is 153 g/mol. The second-order valence-electron chi connectivity index (χ2n) is 2.54. The third-order valence-corrected chi connectivity index (χ3v) is 1.56. The highest BCUT2D eigenvalue weighted by Gasteiger charge is 2.05. The van der Waals surface area contributed by atoms with Crippen LogP contribution in [-0.4, -0.2) is 15.2 Å². The van der Waals surface area contributed by atoms with Gasteiger partial charge in [0.2, 0.25) is 0 Å². The van der Waals surface area contributed by atoms with Gasteiger partial charge in [-0.3, -0.25) is 4.98 Å². The van der Waals surface area contributed by atoms with Crippen LogP contribution < -0.4 is 0 Å². The molecule has 0 aliphatic heterocycles. The van der Waals surface area contributed by atoms with Crippen molar-refractivity contribution < 1.29 is 10.2 Å². The molecule has 3 nitrogen and oxygen atoms in total. The van der Waals surface area contributed by atoms with Gasteiger partial charge in [0.05, 0.1) is 12.3 Å². The van der Waals surface area contributed by atoms with Gasteiger partial charge in [0.1, 0.15) is 5.75 Å². The van der Waals surface area contributed by atoms with Crippen LogP contribution in [0.15, 0.2) is 12.3 Å². The molecule has 1 aromatic heterocycles. The van der Waals surface area contributed by atoms with Crippen LogP contribution in [-0.2, 0) is 0 Å². The third-order valence-electron chi connectivity index (χ3n) is 1.56. The second-order valence-corrected chi connectivity index (χ2v) is 2.54. The summed E-state index contributed by atoms with van der Waals surface area (Å²) in [6.07, 6.45) is 0.788. The molecular weight excluding hydrogens is 142 g/mol. The molecule has 0 saturated carbocycles. The Kier molecular flexibility index (Phi) is 2.10. The smallest absolute Gasteiger partial charge is 0.134 e. The van der Waals surface area contributed by atoms with Gasteiger partial charge in [-0.15, -0.1) is 0 Å². The van der Waals surface area contributed by atoms with Crippen LogP contribution in [0.25, 0.3) is 0 Å². The van der Waals surface area contributed by atoms with Crippen molar-refractivity contribution in [3.63, 3.8) is 0 Å². The number of aryl methyl sites for hydroxylation is 1. The van der Waals surface area contributed by atoms with Gasteiger partial charge in [-0.1, -0.05) is 0 Å². The minimum absolute atomic E-state index is 0.0894. The SMILES string of the molecule is Cc1ncc(O)cc1C(C)O. The summed E-state index contributed by atoms with van der Waals surface area (Å²) in [6, 6.07) is 1.52. The minimum atomic E-state index is -0.574. The van der Waals surface area contributed by atoms with Crippen LogP contribution in [0.1, 0.15) is 24.3 Å². The number of pyridine rings is 1. The molecule has 0 aromatic carbocycles. The highest BCUT2D eigenvalue weighted by atomic mass is 16.3. The summed E-state index contributed by atoms with van der Waals surface area (Å²) in [7, 11) is 0. The Morgan fingerprint density at radius 2 is 2.18 bits per heavy atom. The van der Waals surface area contributed by atoms with Gasteiger partial charge in [-0.05, 0) is 19.9 Å². The van der Waals surface area contributed by atoms with E-state index in [4.69, 9.17) is 5.11 Å². The van der Waals surface area contributed by atoms with Gasteiger partial charge in [-0.25, -0.2) is 0 Å². The molecule has 0 radical (unpaired) electrons. The highest BCUT2D eigenvalue weighted by molar-refractivity contribution is 5.28. The van der Waals surface area contributed by atoms with Gasteiger partial charge in [0, 0.05) is 11.3 Å². The molecule has 0 amide bonds. The normalized spacial score (nSPS) is 13.0. The molecule has 3 heteroatoms. The summed E-state index contributed by atoms with van der Waals surface area (Å²) >= 11 is 0. The summed E-state index contributed by atoms with van der Waals surface area (Å²) < 4.78 is 0. The predicted octanol–water partition coefficient (Wildman–Crippen LogP) is 1.15. The zero-order valence-corrected chi connectivity index (χ0v) is 6.57. The minimum Gasteiger partial charge on any atom is -0.506 e. The van der Waals surface area contributed by atoms with Crippen LogP contribution in [0.3, 0.4) is 0 Å². The zero-order valence-electron chi connectivity index (χ0n) is 6.57. The average Bonchev–Trinajstić information content (AvgIpc) is 1.94. The standard InChI is InChI=1S/C8H11NO2/c1-5-8(6(2)10)3-7(11)4-9-5/h3-4,6,10-11H,1-2H3. The molecule has 1 rings (SSSR count). The van der Waals surface area contributed by atoms with Crippen molar-refractivity contribution >= 4 is 0 Å². The van der Waals surface area contributed by atoms with Gasteiger partial charge >= 0.3 is 0 Å².